The third-order valence-electron chi connectivity index (χ3n) is 2.99. The van der Waals surface area contributed by atoms with Crippen molar-refractivity contribution in [1.29, 1.82) is 0 Å². The Kier molecular flexibility index (Phi) is 3.78. The molecule has 2 aromatic carbocycles. The van der Waals surface area contributed by atoms with Crippen molar-refractivity contribution in [2.75, 3.05) is 5.32 Å². The summed E-state index contributed by atoms with van der Waals surface area (Å²) in [6.07, 6.45) is 1.83. The van der Waals surface area contributed by atoms with E-state index in [-0.39, 0.29) is 5.48 Å². The van der Waals surface area contributed by atoms with Gasteiger partial charge in [0.1, 0.15) is 5.82 Å². The second-order valence-corrected chi connectivity index (χ2v) is 4.37. The SMILES string of the molecule is Cc1ccc(Nc2nccc3ccccc23)cc1.O. The Labute approximate surface area is 112 Å². The molecular weight excluding hydrogens is 236 g/mol. The third kappa shape index (κ3) is 2.72. The summed E-state index contributed by atoms with van der Waals surface area (Å²) in [5.41, 5.74) is 2.32. The van der Waals surface area contributed by atoms with Gasteiger partial charge in [-0.05, 0) is 30.5 Å². The number of nitrogens with zero attached hydrogens (tertiary/aromatic N) is 1. The zero-order chi connectivity index (χ0) is 12.4. The van der Waals surface area contributed by atoms with Crippen LogP contribution in [0.25, 0.3) is 10.8 Å². The van der Waals surface area contributed by atoms with E-state index in [1.165, 1.54) is 10.9 Å². The lowest BCUT2D eigenvalue weighted by Gasteiger charge is -2.08. The number of aryl methyl sites for hydroxylation is 1. The largest absolute Gasteiger partial charge is 0.412 e. The van der Waals surface area contributed by atoms with E-state index in [2.05, 4.69) is 53.6 Å². The van der Waals surface area contributed by atoms with Crippen molar-refractivity contribution in [3.05, 3.63) is 66.4 Å². The molecule has 19 heavy (non-hydrogen) atoms. The second-order valence-electron chi connectivity index (χ2n) is 4.37. The van der Waals surface area contributed by atoms with Gasteiger partial charge >= 0.3 is 0 Å². The lowest BCUT2D eigenvalue weighted by molar-refractivity contribution is 0.824. The number of hydrogen-bond acceptors (Lipinski definition) is 2. The van der Waals surface area contributed by atoms with Gasteiger partial charge in [0.15, 0.2) is 0 Å². The number of nitrogens with one attached hydrogen (secondary N) is 1. The molecule has 1 heterocycles. The summed E-state index contributed by atoms with van der Waals surface area (Å²) in [4.78, 5) is 4.41. The molecule has 0 radical (unpaired) electrons. The Morgan fingerprint density at radius 1 is 0.895 bits per heavy atom. The van der Waals surface area contributed by atoms with Gasteiger partial charge in [0.25, 0.3) is 0 Å². The monoisotopic (exact) mass is 252 g/mol. The van der Waals surface area contributed by atoms with Crippen molar-refractivity contribution in [3.8, 4) is 0 Å². The molecule has 0 saturated heterocycles. The van der Waals surface area contributed by atoms with Gasteiger partial charge in [-0.2, -0.15) is 0 Å². The quantitative estimate of drug-likeness (QED) is 0.759. The second kappa shape index (κ2) is 5.50. The first kappa shape index (κ1) is 13.1. The number of aromatic nitrogens is 1. The lowest BCUT2D eigenvalue weighted by Crippen LogP contribution is -1.94. The van der Waals surface area contributed by atoms with E-state index in [0.29, 0.717) is 0 Å². The Balaban J connectivity index is 0.00000133. The average Bonchev–Trinajstić information content (AvgIpc) is 2.42. The van der Waals surface area contributed by atoms with Crippen LogP contribution >= 0.6 is 0 Å². The molecule has 3 heteroatoms. The molecule has 1 aromatic heterocycles. The van der Waals surface area contributed by atoms with Gasteiger partial charge in [-0.1, -0.05) is 42.0 Å². The summed E-state index contributed by atoms with van der Waals surface area (Å²) in [6, 6.07) is 18.6. The first-order chi connectivity index (χ1) is 8.83. The fourth-order valence-electron chi connectivity index (χ4n) is 1.99. The number of rotatable bonds is 2. The normalized spacial score (nSPS) is 9.95. The zero-order valence-corrected chi connectivity index (χ0v) is 10.7. The van der Waals surface area contributed by atoms with E-state index in [1.54, 1.807) is 0 Å². The molecule has 3 rings (SSSR count). The molecule has 96 valence electrons. The average molecular weight is 252 g/mol. The number of benzene rings is 2. The number of pyridine rings is 1. The fraction of sp³-hybridized carbons (Fsp3) is 0.0625. The molecule has 0 atom stereocenters. The van der Waals surface area contributed by atoms with Gasteiger partial charge in [-0.15, -0.1) is 0 Å². The molecule has 0 saturated carbocycles. The van der Waals surface area contributed by atoms with Gasteiger partial charge in [-0.3, -0.25) is 0 Å². The highest BCUT2D eigenvalue weighted by Gasteiger charge is 2.01. The molecule has 0 bridgehead atoms. The van der Waals surface area contributed by atoms with Gasteiger partial charge in [-0.25, -0.2) is 4.98 Å². The summed E-state index contributed by atoms with van der Waals surface area (Å²) in [7, 11) is 0. The van der Waals surface area contributed by atoms with Crippen molar-refractivity contribution >= 4 is 22.3 Å². The first-order valence-corrected chi connectivity index (χ1v) is 6.00. The maximum absolute atomic E-state index is 4.41. The van der Waals surface area contributed by atoms with Crippen LogP contribution in [0.3, 0.4) is 0 Å². The molecule has 0 aliphatic heterocycles. The van der Waals surface area contributed by atoms with Gasteiger partial charge < -0.3 is 10.8 Å². The van der Waals surface area contributed by atoms with Crippen molar-refractivity contribution in [2.24, 2.45) is 0 Å². The molecule has 0 aliphatic rings. The number of anilines is 2. The van der Waals surface area contributed by atoms with Crippen molar-refractivity contribution in [1.82, 2.24) is 4.98 Å². The summed E-state index contributed by atoms with van der Waals surface area (Å²) in [5, 5.41) is 5.70. The zero-order valence-electron chi connectivity index (χ0n) is 10.7. The summed E-state index contributed by atoms with van der Waals surface area (Å²) in [5.74, 6) is 0.900. The highest BCUT2D eigenvalue weighted by molar-refractivity contribution is 5.93. The first-order valence-electron chi connectivity index (χ1n) is 6.00. The van der Waals surface area contributed by atoms with Crippen LogP contribution in [0.4, 0.5) is 11.5 Å². The Morgan fingerprint density at radius 3 is 2.42 bits per heavy atom. The van der Waals surface area contributed by atoms with Crippen molar-refractivity contribution < 1.29 is 5.48 Å². The van der Waals surface area contributed by atoms with Gasteiger partial charge in [0.2, 0.25) is 0 Å². The highest BCUT2D eigenvalue weighted by atomic mass is 16.0. The minimum atomic E-state index is 0. The van der Waals surface area contributed by atoms with Crippen LogP contribution in [-0.4, -0.2) is 10.5 Å². The smallest absolute Gasteiger partial charge is 0.138 e. The molecule has 3 aromatic rings. The number of fused-ring (bicyclic) bond motifs is 1. The van der Waals surface area contributed by atoms with Crippen LogP contribution in [0.1, 0.15) is 5.56 Å². The maximum atomic E-state index is 4.41. The molecule has 0 aliphatic carbocycles. The van der Waals surface area contributed by atoms with Crippen LogP contribution < -0.4 is 5.32 Å². The summed E-state index contributed by atoms with van der Waals surface area (Å²) < 4.78 is 0. The molecule has 3 N–H and O–H groups in total. The number of hydrogen-bond donors (Lipinski definition) is 1. The van der Waals surface area contributed by atoms with Gasteiger partial charge in [0, 0.05) is 17.3 Å². The lowest BCUT2D eigenvalue weighted by atomic mass is 10.1. The van der Waals surface area contributed by atoms with Crippen molar-refractivity contribution in [2.45, 2.75) is 6.92 Å². The molecule has 3 nitrogen and oxygen atoms in total. The van der Waals surface area contributed by atoms with Crippen molar-refractivity contribution in [3.63, 3.8) is 0 Å². The van der Waals surface area contributed by atoms with E-state index in [9.17, 15) is 0 Å². The predicted octanol–water partition coefficient (Wildman–Crippen LogP) is 3.46. The van der Waals surface area contributed by atoms with E-state index >= 15 is 0 Å². The van der Waals surface area contributed by atoms with E-state index < -0.39 is 0 Å². The Bertz CT molecular complexity index is 672. The van der Waals surface area contributed by atoms with E-state index in [0.717, 1.165) is 16.9 Å². The Morgan fingerprint density at radius 2 is 1.63 bits per heavy atom. The van der Waals surface area contributed by atoms with Crippen LogP contribution in [0, 0.1) is 6.92 Å². The van der Waals surface area contributed by atoms with Crippen LogP contribution in [0.2, 0.25) is 0 Å². The fourth-order valence-corrected chi connectivity index (χ4v) is 1.99. The minimum Gasteiger partial charge on any atom is -0.412 e. The van der Waals surface area contributed by atoms with E-state index in [1.807, 2.05) is 24.4 Å². The summed E-state index contributed by atoms with van der Waals surface area (Å²) in [6.45, 7) is 2.08. The van der Waals surface area contributed by atoms with Gasteiger partial charge in [0.05, 0.1) is 0 Å². The van der Waals surface area contributed by atoms with E-state index in [4.69, 9.17) is 0 Å². The maximum Gasteiger partial charge on any atom is 0.138 e. The molecule has 0 spiro atoms. The molecule has 0 unspecified atom stereocenters. The summed E-state index contributed by atoms with van der Waals surface area (Å²) >= 11 is 0. The Hall–Kier alpha value is -2.39. The van der Waals surface area contributed by atoms with Crippen LogP contribution in [-0.2, 0) is 0 Å². The van der Waals surface area contributed by atoms with Crippen LogP contribution in [0.15, 0.2) is 60.8 Å². The highest BCUT2D eigenvalue weighted by Crippen LogP contribution is 2.23. The minimum absolute atomic E-state index is 0. The molecule has 0 fully saturated rings. The topological polar surface area (TPSA) is 56.4 Å². The standard InChI is InChI=1S/C16H14N2.H2O/c1-12-6-8-14(9-7-12)18-16-15-5-3-2-4-13(15)10-11-17-16;/h2-11H,1H3,(H,17,18);1H2. The third-order valence-corrected chi connectivity index (χ3v) is 2.99. The molecular formula is C16H16N2O. The predicted molar refractivity (Wildman–Crippen MR) is 79.8 cm³/mol. The molecule has 0 amide bonds. The van der Waals surface area contributed by atoms with Crippen LogP contribution in [0.5, 0.6) is 0 Å².